The molecule has 0 N–H and O–H groups in total. The van der Waals surface area contributed by atoms with Gasteiger partial charge in [-0.05, 0) is 74.6 Å². The standard InChI is InChI=1S/C31H31F3N4O6/c1-3-41-29(39)27-28(30(40)42-4-2)38(37-36-27)18-6-5-7-21-10-15-25(16-11-21)43-19-24-20-44-26(35-24)17-12-22-8-13-23(14-9-22)31(32,33)34/h8-17,20H,3-7,18-19H2,1-2H3. The topological polar surface area (TPSA) is 119 Å². The van der Waals surface area contributed by atoms with Crippen molar-refractivity contribution < 1.29 is 41.4 Å². The minimum Gasteiger partial charge on any atom is -0.487 e. The number of hydrogen-bond donors (Lipinski definition) is 0. The van der Waals surface area contributed by atoms with E-state index in [2.05, 4.69) is 15.3 Å². The fraction of sp³-hybridized carbons (Fsp3) is 0.323. The number of aromatic nitrogens is 4. The molecule has 10 nitrogen and oxygen atoms in total. The molecule has 0 aliphatic carbocycles. The molecule has 0 saturated heterocycles. The highest BCUT2D eigenvalue weighted by atomic mass is 19.4. The molecule has 0 radical (unpaired) electrons. The van der Waals surface area contributed by atoms with Gasteiger partial charge in [-0.25, -0.2) is 19.3 Å². The quantitative estimate of drug-likeness (QED) is 0.118. The molecule has 0 atom stereocenters. The van der Waals surface area contributed by atoms with Gasteiger partial charge in [0.25, 0.3) is 0 Å². The van der Waals surface area contributed by atoms with Crippen molar-refractivity contribution >= 4 is 24.1 Å². The first-order valence-electron chi connectivity index (χ1n) is 14.0. The Morgan fingerprint density at radius 2 is 1.64 bits per heavy atom. The Hall–Kier alpha value is -4.94. The zero-order valence-electron chi connectivity index (χ0n) is 24.2. The third-order valence-corrected chi connectivity index (χ3v) is 6.29. The molecule has 0 spiro atoms. The number of rotatable bonds is 14. The number of esters is 2. The summed E-state index contributed by atoms with van der Waals surface area (Å²) in [7, 11) is 0. The summed E-state index contributed by atoms with van der Waals surface area (Å²) in [6, 6.07) is 12.4. The summed E-state index contributed by atoms with van der Waals surface area (Å²) in [5, 5.41) is 7.79. The molecule has 0 amide bonds. The van der Waals surface area contributed by atoms with Gasteiger partial charge in [-0.3, -0.25) is 0 Å². The average molecular weight is 613 g/mol. The monoisotopic (exact) mass is 612 g/mol. The van der Waals surface area contributed by atoms with Gasteiger partial charge in [-0.15, -0.1) is 5.10 Å². The number of alkyl halides is 3. The zero-order chi connectivity index (χ0) is 31.5. The summed E-state index contributed by atoms with van der Waals surface area (Å²) in [6.45, 7) is 4.18. The largest absolute Gasteiger partial charge is 0.487 e. The second kappa shape index (κ2) is 15.0. The maximum absolute atomic E-state index is 12.7. The Bertz CT molecular complexity index is 1560. The minimum atomic E-state index is -4.38. The fourth-order valence-corrected chi connectivity index (χ4v) is 4.12. The third kappa shape index (κ3) is 8.79. The number of aryl methyl sites for hydroxylation is 2. The molecule has 4 rings (SSSR count). The first kappa shape index (κ1) is 32.0. The molecule has 232 valence electrons. The van der Waals surface area contributed by atoms with Crippen LogP contribution in [0.5, 0.6) is 5.75 Å². The van der Waals surface area contributed by atoms with E-state index in [1.807, 2.05) is 24.3 Å². The molecule has 0 unspecified atom stereocenters. The number of nitrogens with zero attached hydrogens (tertiary/aromatic N) is 4. The lowest BCUT2D eigenvalue weighted by atomic mass is 10.1. The maximum Gasteiger partial charge on any atom is 0.416 e. The van der Waals surface area contributed by atoms with Gasteiger partial charge in [-0.1, -0.05) is 29.5 Å². The lowest BCUT2D eigenvalue weighted by Crippen LogP contribution is -2.18. The molecule has 13 heteroatoms. The first-order valence-corrected chi connectivity index (χ1v) is 14.0. The predicted octanol–water partition coefficient (Wildman–Crippen LogP) is 6.41. The lowest BCUT2D eigenvalue weighted by Gasteiger charge is -2.08. The van der Waals surface area contributed by atoms with Gasteiger partial charge in [0.1, 0.15) is 24.3 Å². The van der Waals surface area contributed by atoms with Crippen LogP contribution in [-0.4, -0.2) is 45.1 Å². The van der Waals surface area contributed by atoms with E-state index >= 15 is 0 Å². The highest BCUT2D eigenvalue weighted by Crippen LogP contribution is 2.29. The van der Waals surface area contributed by atoms with E-state index in [-0.39, 0.29) is 31.2 Å². The molecule has 0 saturated carbocycles. The van der Waals surface area contributed by atoms with Crippen LogP contribution in [0.15, 0.2) is 59.2 Å². The summed E-state index contributed by atoms with van der Waals surface area (Å²) in [5.41, 5.74) is 1.35. The van der Waals surface area contributed by atoms with Gasteiger partial charge >= 0.3 is 18.1 Å². The highest BCUT2D eigenvalue weighted by molar-refractivity contribution is 6.00. The number of oxazole rings is 1. The molecule has 0 fully saturated rings. The lowest BCUT2D eigenvalue weighted by molar-refractivity contribution is -0.137. The van der Waals surface area contributed by atoms with Crippen molar-refractivity contribution in [2.45, 2.75) is 52.4 Å². The Labute approximate surface area is 251 Å². The Morgan fingerprint density at radius 3 is 2.32 bits per heavy atom. The normalized spacial score (nSPS) is 11.6. The minimum absolute atomic E-state index is 0.0128. The van der Waals surface area contributed by atoms with E-state index in [1.165, 1.54) is 23.1 Å². The first-order chi connectivity index (χ1) is 21.2. The molecule has 2 aromatic carbocycles. The zero-order valence-corrected chi connectivity index (χ0v) is 24.2. The molecule has 0 bridgehead atoms. The van der Waals surface area contributed by atoms with Crippen LogP contribution in [0.2, 0.25) is 0 Å². The third-order valence-electron chi connectivity index (χ3n) is 6.29. The van der Waals surface area contributed by atoms with Crippen molar-refractivity contribution in [1.29, 1.82) is 0 Å². The fourth-order valence-electron chi connectivity index (χ4n) is 4.12. The summed E-state index contributed by atoms with van der Waals surface area (Å²) in [5.74, 6) is -0.447. The van der Waals surface area contributed by atoms with Crippen LogP contribution in [0, 0.1) is 0 Å². The van der Waals surface area contributed by atoms with Crippen molar-refractivity contribution in [2.75, 3.05) is 13.2 Å². The number of benzene rings is 2. The van der Waals surface area contributed by atoms with Crippen LogP contribution in [0.1, 0.15) is 75.9 Å². The Balaban J connectivity index is 1.23. The van der Waals surface area contributed by atoms with Gasteiger partial charge in [0.05, 0.1) is 18.8 Å². The van der Waals surface area contributed by atoms with Gasteiger partial charge < -0.3 is 18.6 Å². The molecule has 0 aliphatic rings. The molecular formula is C31H31F3N4O6. The smallest absolute Gasteiger partial charge is 0.416 e. The SMILES string of the molecule is CCOC(=O)c1nnn(CCCCc2ccc(OCc3coc(C=Cc4ccc(C(F)(F)F)cc4)n3)cc2)c1C(=O)OCC. The van der Waals surface area contributed by atoms with E-state index in [0.717, 1.165) is 30.5 Å². The van der Waals surface area contributed by atoms with Crippen LogP contribution in [0.4, 0.5) is 13.2 Å². The second-order valence-electron chi connectivity index (χ2n) is 9.47. The number of hydrogen-bond acceptors (Lipinski definition) is 9. The van der Waals surface area contributed by atoms with Crippen LogP contribution in [0.3, 0.4) is 0 Å². The van der Waals surface area contributed by atoms with Crippen molar-refractivity contribution in [1.82, 2.24) is 20.0 Å². The Kier molecular flexibility index (Phi) is 10.9. The molecule has 0 aliphatic heterocycles. The number of halogens is 3. The maximum atomic E-state index is 12.7. The summed E-state index contributed by atoms with van der Waals surface area (Å²) in [4.78, 5) is 28.9. The summed E-state index contributed by atoms with van der Waals surface area (Å²) >= 11 is 0. The molecule has 4 aromatic rings. The van der Waals surface area contributed by atoms with Gasteiger partial charge in [0.15, 0.2) is 5.69 Å². The van der Waals surface area contributed by atoms with E-state index in [4.69, 9.17) is 18.6 Å². The summed E-state index contributed by atoms with van der Waals surface area (Å²) in [6.07, 6.45) is 2.50. The summed E-state index contributed by atoms with van der Waals surface area (Å²) < 4.78 is 60.7. The van der Waals surface area contributed by atoms with E-state index in [9.17, 15) is 22.8 Å². The van der Waals surface area contributed by atoms with E-state index in [0.29, 0.717) is 35.9 Å². The molecule has 2 heterocycles. The number of carbonyl (C=O) groups excluding carboxylic acids is 2. The van der Waals surface area contributed by atoms with Crippen LogP contribution >= 0.6 is 0 Å². The van der Waals surface area contributed by atoms with Crippen LogP contribution in [0.25, 0.3) is 12.2 Å². The van der Waals surface area contributed by atoms with Gasteiger partial charge in [0.2, 0.25) is 11.6 Å². The number of unbranched alkanes of at least 4 members (excludes halogenated alkanes) is 1. The van der Waals surface area contributed by atoms with E-state index < -0.39 is 23.7 Å². The van der Waals surface area contributed by atoms with Crippen molar-refractivity contribution in [3.8, 4) is 5.75 Å². The van der Waals surface area contributed by atoms with Crippen molar-refractivity contribution in [3.63, 3.8) is 0 Å². The van der Waals surface area contributed by atoms with Crippen LogP contribution < -0.4 is 4.74 Å². The average Bonchev–Trinajstić information content (AvgIpc) is 3.65. The second-order valence-corrected chi connectivity index (χ2v) is 9.47. The number of ether oxygens (including phenoxy) is 3. The molecular weight excluding hydrogens is 581 g/mol. The highest BCUT2D eigenvalue weighted by Gasteiger charge is 2.30. The van der Waals surface area contributed by atoms with E-state index in [1.54, 1.807) is 26.0 Å². The Morgan fingerprint density at radius 1 is 0.932 bits per heavy atom. The number of carbonyl (C=O) groups is 2. The molecule has 2 aromatic heterocycles. The van der Waals surface area contributed by atoms with Crippen molar-refractivity contribution in [3.05, 3.63) is 94.5 Å². The predicted molar refractivity (Wildman–Crippen MR) is 153 cm³/mol. The van der Waals surface area contributed by atoms with Crippen molar-refractivity contribution in [2.24, 2.45) is 0 Å². The van der Waals surface area contributed by atoms with Crippen LogP contribution in [-0.2, 0) is 35.2 Å². The molecule has 44 heavy (non-hydrogen) atoms. The van der Waals surface area contributed by atoms with Gasteiger partial charge in [0, 0.05) is 12.6 Å². The van der Waals surface area contributed by atoms with Gasteiger partial charge in [-0.2, -0.15) is 13.2 Å².